The predicted molar refractivity (Wildman–Crippen MR) is 78.4 cm³/mol. The molecule has 1 aliphatic heterocycles. The van der Waals surface area contributed by atoms with Crippen LogP contribution in [-0.4, -0.2) is 40.8 Å². The van der Waals surface area contributed by atoms with Gasteiger partial charge in [0.15, 0.2) is 0 Å². The fraction of sp³-hybridized carbons (Fsp3) is 0.538. The summed E-state index contributed by atoms with van der Waals surface area (Å²) in [7, 11) is 2.22. The standard InChI is InChI=1S/C13H17N3S2/c1-16-5-2-3-10(7-16)8-18-13-12-11(4-6-17-12)14-9-15-13/h4,6,9-10H,2-3,5,7-8H2,1H3/t10-/m1/s1. The maximum absolute atomic E-state index is 4.43. The van der Waals surface area contributed by atoms with Gasteiger partial charge in [-0.1, -0.05) is 0 Å². The maximum atomic E-state index is 4.43. The molecule has 2 aromatic rings. The van der Waals surface area contributed by atoms with E-state index in [9.17, 15) is 0 Å². The Kier molecular flexibility index (Phi) is 3.82. The lowest BCUT2D eigenvalue weighted by molar-refractivity contribution is 0.224. The summed E-state index contributed by atoms with van der Waals surface area (Å²) in [5.74, 6) is 1.98. The van der Waals surface area contributed by atoms with E-state index in [4.69, 9.17) is 0 Å². The molecule has 0 saturated carbocycles. The van der Waals surface area contributed by atoms with Crippen molar-refractivity contribution in [2.75, 3.05) is 25.9 Å². The van der Waals surface area contributed by atoms with E-state index >= 15 is 0 Å². The van der Waals surface area contributed by atoms with Crippen LogP contribution in [0.5, 0.6) is 0 Å². The summed E-state index contributed by atoms with van der Waals surface area (Å²) in [6.07, 6.45) is 4.38. The zero-order valence-corrected chi connectivity index (χ0v) is 12.1. The molecule has 0 aliphatic carbocycles. The highest BCUT2D eigenvalue weighted by molar-refractivity contribution is 7.99. The summed E-state index contributed by atoms with van der Waals surface area (Å²) in [4.78, 5) is 11.2. The first-order valence-electron chi connectivity index (χ1n) is 6.32. The van der Waals surface area contributed by atoms with Crippen LogP contribution in [0.15, 0.2) is 22.8 Å². The van der Waals surface area contributed by atoms with Crippen LogP contribution in [0.4, 0.5) is 0 Å². The summed E-state index contributed by atoms with van der Waals surface area (Å²) in [5.41, 5.74) is 1.08. The SMILES string of the molecule is CN1CCC[C@@H](CSc2ncnc3ccsc23)C1. The van der Waals surface area contributed by atoms with Gasteiger partial charge < -0.3 is 4.90 Å². The van der Waals surface area contributed by atoms with Gasteiger partial charge >= 0.3 is 0 Å². The first-order chi connectivity index (χ1) is 8.83. The van der Waals surface area contributed by atoms with Crippen LogP contribution >= 0.6 is 23.1 Å². The molecule has 2 aromatic heterocycles. The smallest absolute Gasteiger partial charge is 0.117 e. The summed E-state index contributed by atoms with van der Waals surface area (Å²) in [5, 5.41) is 3.25. The van der Waals surface area contributed by atoms with Crippen LogP contribution in [0.2, 0.25) is 0 Å². The maximum Gasteiger partial charge on any atom is 0.117 e. The van der Waals surface area contributed by atoms with E-state index in [1.807, 2.05) is 11.8 Å². The minimum absolute atomic E-state index is 0.804. The third kappa shape index (κ3) is 2.68. The van der Waals surface area contributed by atoms with Crippen molar-refractivity contribution in [2.45, 2.75) is 17.9 Å². The van der Waals surface area contributed by atoms with Crippen LogP contribution in [0.25, 0.3) is 10.2 Å². The van der Waals surface area contributed by atoms with Gasteiger partial charge in [-0.15, -0.1) is 23.1 Å². The van der Waals surface area contributed by atoms with Gasteiger partial charge in [0.2, 0.25) is 0 Å². The van der Waals surface area contributed by atoms with Crippen molar-refractivity contribution in [1.82, 2.24) is 14.9 Å². The summed E-state index contributed by atoms with van der Waals surface area (Å²) < 4.78 is 1.24. The van der Waals surface area contributed by atoms with E-state index < -0.39 is 0 Å². The van der Waals surface area contributed by atoms with Gasteiger partial charge in [0.05, 0.1) is 10.2 Å². The van der Waals surface area contributed by atoms with Crippen LogP contribution < -0.4 is 0 Å². The number of hydrogen-bond acceptors (Lipinski definition) is 5. The van der Waals surface area contributed by atoms with E-state index in [0.29, 0.717) is 0 Å². The van der Waals surface area contributed by atoms with E-state index in [2.05, 4.69) is 33.4 Å². The average Bonchev–Trinajstić information content (AvgIpc) is 2.85. The molecule has 0 unspecified atom stereocenters. The molecule has 0 radical (unpaired) electrons. The van der Waals surface area contributed by atoms with Gasteiger partial charge in [-0.05, 0) is 43.8 Å². The van der Waals surface area contributed by atoms with Crippen LogP contribution in [0, 0.1) is 5.92 Å². The molecule has 0 amide bonds. The van der Waals surface area contributed by atoms with Crippen molar-refractivity contribution in [3.05, 3.63) is 17.8 Å². The Morgan fingerprint density at radius 3 is 3.33 bits per heavy atom. The Morgan fingerprint density at radius 1 is 1.50 bits per heavy atom. The second-order valence-electron chi connectivity index (χ2n) is 4.90. The largest absolute Gasteiger partial charge is 0.306 e. The van der Waals surface area contributed by atoms with Gasteiger partial charge in [0.1, 0.15) is 11.4 Å². The molecule has 0 spiro atoms. The fourth-order valence-corrected chi connectivity index (χ4v) is 4.55. The zero-order chi connectivity index (χ0) is 12.4. The molecule has 1 saturated heterocycles. The molecule has 3 nitrogen and oxygen atoms in total. The van der Waals surface area contributed by atoms with Crippen LogP contribution in [0.3, 0.4) is 0 Å². The van der Waals surface area contributed by atoms with Crippen molar-refractivity contribution in [3.8, 4) is 0 Å². The lowest BCUT2D eigenvalue weighted by Gasteiger charge is -2.29. The molecule has 96 valence electrons. The van der Waals surface area contributed by atoms with Gasteiger partial charge in [-0.25, -0.2) is 9.97 Å². The van der Waals surface area contributed by atoms with E-state index in [1.165, 1.54) is 36.4 Å². The highest BCUT2D eigenvalue weighted by atomic mass is 32.2. The van der Waals surface area contributed by atoms with Crippen LogP contribution in [-0.2, 0) is 0 Å². The molecular weight excluding hydrogens is 262 g/mol. The lowest BCUT2D eigenvalue weighted by Crippen LogP contribution is -2.33. The van der Waals surface area contributed by atoms with Crippen molar-refractivity contribution in [3.63, 3.8) is 0 Å². The minimum atomic E-state index is 0.804. The summed E-state index contributed by atoms with van der Waals surface area (Å²) in [6, 6.07) is 2.07. The van der Waals surface area contributed by atoms with Gasteiger partial charge in [0.25, 0.3) is 0 Å². The number of fused-ring (bicyclic) bond motifs is 1. The molecule has 0 aromatic carbocycles. The number of thiophene rings is 1. The Bertz CT molecular complexity index is 526. The first kappa shape index (κ1) is 12.4. The molecule has 5 heteroatoms. The molecular formula is C13H17N3S2. The predicted octanol–water partition coefficient (Wildman–Crippen LogP) is 3.13. The second kappa shape index (κ2) is 5.55. The molecule has 18 heavy (non-hydrogen) atoms. The number of hydrogen-bond donors (Lipinski definition) is 0. The normalized spacial score (nSPS) is 21.5. The highest BCUT2D eigenvalue weighted by Crippen LogP contribution is 2.31. The molecule has 1 atom stereocenters. The minimum Gasteiger partial charge on any atom is -0.306 e. The van der Waals surface area contributed by atoms with Crippen molar-refractivity contribution < 1.29 is 0 Å². The number of rotatable bonds is 3. The summed E-state index contributed by atoms with van der Waals surface area (Å²) in [6.45, 7) is 2.48. The van der Waals surface area contributed by atoms with Gasteiger partial charge in [0, 0.05) is 12.3 Å². The van der Waals surface area contributed by atoms with Crippen molar-refractivity contribution in [2.24, 2.45) is 5.92 Å². The molecule has 1 aliphatic rings. The van der Waals surface area contributed by atoms with E-state index in [-0.39, 0.29) is 0 Å². The second-order valence-corrected chi connectivity index (χ2v) is 6.82. The number of aromatic nitrogens is 2. The molecule has 3 rings (SSSR count). The number of piperidine rings is 1. The first-order valence-corrected chi connectivity index (χ1v) is 8.19. The Hall–Kier alpha value is -0.650. The fourth-order valence-electron chi connectivity index (χ4n) is 2.48. The van der Waals surface area contributed by atoms with E-state index in [0.717, 1.165) is 16.5 Å². The molecule has 3 heterocycles. The molecule has 1 fully saturated rings. The number of thioether (sulfide) groups is 1. The van der Waals surface area contributed by atoms with Gasteiger partial charge in [-0.2, -0.15) is 0 Å². The average molecular weight is 279 g/mol. The third-order valence-corrected chi connectivity index (χ3v) is 5.65. The Morgan fingerprint density at radius 2 is 2.44 bits per heavy atom. The third-order valence-electron chi connectivity index (χ3n) is 3.39. The monoisotopic (exact) mass is 279 g/mol. The Balaban J connectivity index is 1.67. The molecule has 0 bridgehead atoms. The summed E-state index contributed by atoms with van der Waals surface area (Å²) >= 11 is 3.64. The zero-order valence-electron chi connectivity index (χ0n) is 10.5. The van der Waals surface area contributed by atoms with E-state index in [1.54, 1.807) is 17.7 Å². The quantitative estimate of drug-likeness (QED) is 0.637. The van der Waals surface area contributed by atoms with Gasteiger partial charge in [-0.3, -0.25) is 0 Å². The highest BCUT2D eigenvalue weighted by Gasteiger charge is 2.18. The van der Waals surface area contributed by atoms with Crippen molar-refractivity contribution in [1.29, 1.82) is 0 Å². The van der Waals surface area contributed by atoms with Crippen molar-refractivity contribution >= 4 is 33.3 Å². The molecule has 0 N–H and O–H groups in total. The number of nitrogens with zero attached hydrogens (tertiary/aromatic N) is 3. The Labute approximate surface area is 116 Å². The van der Waals surface area contributed by atoms with Crippen LogP contribution in [0.1, 0.15) is 12.8 Å². The topological polar surface area (TPSA) is 29.0 Å². The lowest BCUT2D eigenvalue weighted by atomic mass is 10.0. The number of likely N-dealkylation sites (tertiary alicyclic amines) is 1.